The molecule has 1 unspecified atom stereocenters. The number of likely N-dealkylation sites (tertiary alicyclic amines) is 1. The van der Waals surface area contributed by atoms with Crippen LogP contribution in [0.25, 0.3) is 0 Å². The molecule has 0 amide bonds. The molecule has 1 heterocycles. The standard InChI is InChI=1S/C22H26FNO4/c1-27-20-3-2-4-21(22(20)23)28-18-9-15-11-24(12-16(15)10-18)13-19(26)14-5-7-17(25)8-6-14/h2-8,15-16,18-19,25-26H,9-13H2,1H3/t15-,16+,18+,19?. The van der Waals surface area contributed by atoms with Gasteiger partial charge >= 0.3 is 0 Å². The lowest BCUT2D eigenvalue weighted by Crippen LogP contribution is -2.29. The van der Waals surface area contributed by atoms with E-state index in [1.807, 2.05) is 0 Å². The van der Waals surface area contributed by atoms with E-state index in [2.05, 4.69) is 4.90 Å². The number of benzene rings is 2. The highest BCUT2D eigenvalue weighted by molar-refractivity contribution is 5.35. The molecule has 2 aromatic rings. The molecule has 6 heteroatoms. The van der Waals surface area contributed by atoms with E-state index < -0.39 is 11.9 Å². The second kappa shape index (κ2) is 7.97. The molecule has 1 aliphatic carbocycles. The molecule has 0 spiro atoms. The van der Waals surface area contributed by atoms with Crippen LogP contribution < -0.4 is 9.47 Å². The fourth-order valence-electron chi connectivity index (χ4n) is 4.55. The second-order valence-electron chi connectivity index (χ2n) is 7.83. The number of methoxy groups -OCH3 is 1. The summed E-state index contributed by atoms with van der Waals surface area (Å²) in [5.74, 6) is 1.22. The van der Waals surface area contributed by atoms with Gasteiger partial charge in [0.15, 0.2) is 11.5 Å². The van der Waals surface area contributed by atoms with Crippen molar-refractivity contribution in [3.05, 3.63) is 53.8 Å². The summed E-state index contributed by atoms with van der Waals surface area (Å²) in [5.41, 5.74) is 0.810. The van der Waals surface area contributed by atoms with Crippen molar-refractivity contribution in [1.29, 1.82) is 0 Å². The van der Waals surface area contributed by atoms with Crippen molar-refractivity contribution >= 4 is 0 Å². The number of fused-ring (bicyclic) bond motifs is 1. The maximum atomic E-state index is 14.3. The number of nitrogens with zero attached hydrogens (tertiary/aromatic N) is 1. The summed E-state index contributed by atoms with van der Waals surface area (Å²) in [5, 5.41) is 19.8. The maximum Gasteiger partial charge on any atom is 0.206 e. The Bertz CT molecular complexity index is 799. The number of halogens is 1. The molecule has 2 fully saturated rings. The molecular weight excluding hydrogens is 361 g/mol. The Morgan fingerprint density at radius 3 is 2.36 bits per heavy atom. The Kier molecular flexibility index (Phi) is 5.42. The number of phenolic OH excluding ortho intramolecular Hbond substituents is 1. The van der Waals surface area contributed by atoms with Crippen molar-refractivity contribution < 1.29 is 24.1 Å². The van der Waals surface area contributed by atoms with E-state index in [1.54, 1.807) is 42.5 Å². The van der Waals surface area contributed by atoms with Crippen molar-refractivity contribution in [3.63, 3.8) is 0 Å². The number of aliphatic hydroxyl groups excluding tert-OH is 1. The predicted molar refractivity (Wildman–Crippen MR) is 103 cm³/mol. The third-order valence-electron chi connectivity index (χ3n) is 5.93. The van der Waals surface area contributed by atoms with Crippen LogP contribution in [0.15, 0.2) is 42.5 Å². The lowest BCUT2D eigenvalue weighted by atomic mass is 10.0. The smallest absolute Gasteiger partial charge is 0.206 e. The van der Waals surface area contributed by atoms with E-state index in [9.17, 15) is 14.6 Å². The van der Waals surface area contributed by atoms with Gasteiger partial charge in [0.25, 0.3) is 0 Å². The van der Waals surface area contributed by atoms with Crippen LogP contribution in [-0.2, 0) is 0 Å². The molecule has 0 aromatic heterocycles. The molecule has 0 radical (unpaired) electrons. The number of aliphatic hydroxyl groups is 1. The minimum atomic E-state index is -0.572. The molecular formula is C22H26FNO4. The van der Waals surface area contributed by atoms with Crippen LogP contribution in [-0.4, -0.2) is 48.0 Å². The molecule has 150 valence electrons. The summed E-state index contributed by atoms with van der Waals surface area (Å²) in [4.78, 5) is 2.29. The Hall–Kier alpha value is -2.31. The number of β-amino-alcohol motifs (C(OH)–C–C–N with tert-alkyl or cyclic N) is 1. The van der Waals surface area contributed by atoms with Crippen LogP contribution in [0.1, 0.15) is 24.5 Å². The lowest BCUT2D eigenvalue weighted by Gasteiger charge is -2.22. The maximum absolute atomic E-state index is 14.3. The Morgan fingerprint density at radius 2 is 1.71 bits per heavy atom. The topological polar surface area (TPSA) is 62.2 Å². The van der Waals surface area contributed by atoms with E-state index in [0.29, 0.717) is 18.4 Å². The van der Waals surface area contributed by atoms with Gasteiger partial charge in [0.1, 0.15) is 5.75 Å². The molecule has 28 heavy (non-hydrogen) atoms. The zero-order valence-electron chi connectivity index (χ0n) is 15.9. The first-order chi connectivity index (χ1) is 13.5. The number of hydrogen-bond acceptors (Lipinski definition) is 5. The summed E-state index contributed by atoms with van der Waals surface area (Å²) < 4.78 is 25.3. The number of hydrogen-bond donors (Lipinski definition) is 2. The van der Waals surface area contributed by atoms with E-state index in [4.69, 9.17) is 9.47 Å². The van der Waals surface area contributed by atoms with E-state index in [0.717, 1.165) is 31.5 Å². The van der Waals surface area contributed by atoms with Crippen molar-refractivity contribution in [3.8, 4) is 17.2 Å². The average molecular weight is 387 g/mol. The van der Waals surface area contributed by atoms with Crippen LogP contribution >= 0.6 is 0 Å². The molecule has 2 N–H and O–H groups in total. The molecule has 2 aromatic carbocycles. The van der Waals surface area contributed by atoms with Gasteiger partial charge in [-0.05, 0) is 54.5 Å². The number of phenols is 1. The summed E-state index contributed by atoms with van der Waals surface area (Å²) in [6.07, 6.45) is 1.23. The fourth-order valence-corrected chi connectivity index (χ4v) is 4.55. The molecule has 1 aliphatic heterocycles. The molecule has 0 bridgehead atoms. The van der Waals surface area contributed by atoms with Gasteiger partial charge in [-0.3, -0.25) is 4.90 Å². The van der Waals surface area contributed by atoms with Crippen molar-refractivity contribution in [2.45, 2.75) is 25.0 Å². The van der Waals surface area contributed by atoms with Crippen LogP contribution in [0.4, 0.5) is 4.39 Å². The van der Waals surface area contributed by atoms with Crippen LogP contribution in [0.2, 0.25) is 0 Å². The molecule has 5 nitrogen and oxygen atoms in total. The van der Waals surface area contributed by atoms with Crippen LogP contribution in [0.3, 0.4) is 0 Å². The molecule has 2 aliphatic rings. The van der Waals surface area contributed by atoms with Gasteiger partial charge in [-0.25, -0.2) is 0 Å². The second-order valence-corrected chi connectivity index (χ2v) is 7.83. The highest BCUT2D eigenvalue weighted by Gasteiger charge is 2.42. The van der Waals surface area contributed by atoms with E-state index in [1.165, 1.54) is 7.11 Å². The van der Waals surface area contributed by atoms with E-state index in [-0.39, 0.29) is 23.4 Å². The zero-order chi connectivity index (χ0) is 19.7. The third kappa shape index (κ3) is 3.93. The van der Waals surface area contributed by atoms with Gasteiger partial charge in [-0.15, -0.1) is 0 Å². The monoisotopic (exact) mass is 387 g/mol. The highest BCUT2D eigenvalue weighted by Crippen LogP contribution is 2.41. The molecule has 4 atom stereocenters. The van der Waals surface area contributed by atoms with Crippen molar-refractivity contribution in [1.82, 2.24) is 4.90 Å². The van der Waals surface area contributed by atoms with Gasteiger partial charge < -0.3 is 19.7 Å². The van der Waals surface area contributed by atoms with Gasteiger partial charge in [0, 0.05) is 19.6 Å². The van der Waals surface area contributed by atoms with Gasteiger partial charge in [-0.1, -0.05) is 18.2 Å². The zero-order valence-corrected chi connectivity index (χ0v) is 15.9. The largest absolute Gasteiger partial charge is 0.508 e. The summed E-state index contributed by atoms with van der Waals surface area (Å²) in [6.45, 7) is 2.41. The Morgan fingerprint density at radius 1 is 1.07 bits per heavy atom. The predicted octanol–water partition coefficient (Wildman–Crippen LogP) is 3.36. The first-order valence-electron chi connectivity index (χ1n) is 9.72. The van der Waals surface area contributed by atoms with Crippen molar-refractivity contribution in [2.24, 2.45) is 11.8 Å². The van der Waals surface area contributed by atoms with Gasteiger partial charge in [-0.2, -0.15) is 4.39 Å². The summed E-state index contributed by atoms with van der Waals surface area (Å²) in [6, 6.07) is 11.7. The minimum Gasteiger partial charge on any atom is -0.508 e. The molecule has 1 saturated heterocycles. The first kappa shape index (κ1) is 19.0. The lowest BCUT2D eigenvalue weighted by molar-refractivity contribution is 0.115. The van der Waals surface area contributed by atoms with Crippen molar-refractivity contribution in [2.75, 3.05) is 26.7 Å². The SMILES string of the molecule is COc1cccc(O[C@H]2C[C@@H]3CN(CC(O)c4ccc(O)cc4)C[C@@H]3C2)c1F. The highest BCUT2D eigenvalue weighted by atomic mass is 19.1. The third-order valence-corrected chi connectivity index (χ3v) is 5.93. The molecule has 4 rings (SSSR count). The summed E-state index contributed by atoms with van der Waals surface area (Å²) >= 11 is 0. The number of rotatable bonds is 6. The summed E-state index contributed by atoms with van der Waals surface area (Å²) in [7, 11) is 1.45. The number of aromatic hydroxyl groups is 1. The Balaban J connectivity index is 1.30. The quantitative estimate of drug-likeness (QED) is 0.796. The number of ether oxygens (including phenoxy) is 2. The normalized spacial score (nSPS) is 25.5. The van der Waals surface area contributed by atoms with E-state index >= 15 is 0 Å². The Labute approximate surface area is 164 Å². The van der Waals surface area contributed by atoms with Gasteiger partial charge in [0.2, 0.25) is 5.82 Å². The average Bonchev–Trinajstić information content (AvgIpc) is 3.21. The van der Waals surface area contributed by atoms with Gasteiger partial charge in [0.05, 0.1) is 19.3 Å². The molecule has 1 saturated carbocycles. The minimum absolute atomic E-state index is 0.0146. The fraction of sp³-hybridized carbons (Fsp3) is 0.455. The van der Waals surface area contributed by atoms with Crippen LogP contribution in [0, 0.1) is 17.7 Å². The first-order valence-corrected chi connectivity index (χ1v) is 9.72. The van der Waals surface area contributed by atoms with Crippen LogP contribution in [0.5, 0.6) is 17.2 Å².